The Labute approximate surface area is 297 Å². The number of fused-ring (bicyclic) bond motifs is 3. The number of aryl methyl sites for hydroxylation is 2. The van der Waals surface area contributed by atoms with Crippen LogP contribution < -0.4 is 0 Å². The second-order valence-electron chi connectivity index (χ2n) is 13.0. The van der Waals surface area contributed by atoms with Gasteiger partial charge in [-0.3, -0.25) is 0 Å². The smallest absolute Gasteiger partial charge is 0.164 e. The summed E-state index contributed by atoms with van der Waals surface area (Å²) in [5.74, 6) is 1.94. The molecule has 0 fully saturated rings. The van der Waals surface area contributed by atoms with E-state index in [1.165, 1.54) is 32.9 Å². The minimum absolute atomic E-state index is 0.646. The fourth-order valence-electron chi connectivity index (χ4n) is 7.28. The number of hydrogen-bond acceptors (Lipinski definition) is 3. The zero-order chi connectivity index (χ0) is 34.3. The van der Waals surface area contributed by atoms with E-state index in [-0.39, 0.29) is 0 Å². The lowest BCUT2D eigenvalue weighted by molar-refractivity contribution is 1.07. The van der Waals surface area contributed by atoms with E-state index in [2.05, 4.69) is 152 Å². The number of nitrogens with zero attached hydrogens (tertiary/aromatic N) is 4. The fourth-order valence-corrected chi connectivity index (χ4v) is 7.28. The standard InChI is InChI=1S/C47H34N4/c1-31-16-12-13-23-38(31)44-32(2)28-36(35-26-27-43-40(29-35)39-24-14-15-25-42(39)51(43)37-21-10-5-11-22-37)30-41(44)47-49-45(33-17-6-3-7-18-33)48-46(50-47)34-19-8-4-9-20-34/h3-30H,1-2H3. The Morgan fingerprint density at radius 1 is 0.373 bits per heavy atom. The number of hydrogen-bond donors (Lipinski definition) is 0. The maximum absolute atomic E-state index is 5.19. The van der Waals surface area contributed by atoms with E-state index in [0.717, 1.165) is 44.6 Å². The van der Waals surface area contributed by atoms with Crippen molar-refractivity contribution in [1.82, 2.24) is 19.5 Å². The Kier molecular flexibility index (Phi) is 7.55. The average Bonchev–Trinajstić information content (AvgIpc) is 3.52. The number of rotatable bonds is 6. The molecule has 0 radical (unpaired) electrons. The van der Waals surface area contributed by atoms with Crippen molar-refractivity contribution in [3.05, 3.63) is 181 Å². The van der Waals surface area contributed by atoms with Crippen molar-refractivity contribution in [1.29, 1.82) is 0 Å². The summed E-state index contributed by atoms with van der Waals surface area (Å²) >= 11 is 0. The zero-order valence-electron chi connectivity index (χ0n) is 28.5. The van der Waals surface area contributed by atoms with Crippen LogP contribution in [0, 0.1) is 13.8 Å². The van der Waals surface area contributed by atoms with Crippen molar-refractivity contribution < 1.29 is 0 Å². The van der Waals surface area contributed by atoms with Crippen molar-refractivity contribution in [3.63, 3.8) is 0 Å². The molecule has 7 aromatic carbocycles. The van der Waals surface area contributed by atoms with Crippen LogP contribution in [-0.4, -0.2) is 19.5 Å². The molecule has 9 aromatic rings. The normalized spacial score (nSPS) is 11.3. The van der Waals surface area contributed by atoms with E-state index in [1.807, 2.05) is 36.4 Å². The summed E-state index contributed by atoms with van der Waals surface area (Å²) in [5.41, 5.74) is 13.3. The highest BCUT2D eigenvalue weighted by molar-refractivity contribution is 6.10. The van der Waals surface area contributed by atoms with Gasteiger partial charge in [-0.05, 0) is 83.6 Å². The van der Waals surface area contributed by atoms with E-state index < -0.39 is 0 Å². The lowest BCUT2D eigenvalue weighted by Crippen LogP contribution is -2.02. The van der Waals surface area contributed by atoms with Gasteiger partial charge in [0.15, 0.2) is 17.5 Å². The van der Waals surface area contributed by atoms with Gasteiger partial charge in [-0.2, -0.15) is 0 Å². The summed E-state index contributed by atoms with van der Waals surface area (Å²) in [6.07, 6.45) is 0. The maximum atomic E-state index is 5.19. The van der Waals surface area contributed by atoms with Crippen LogP contribution in [-0.2, 0) is 0 Å². The molecule has 2 heterocycles. The van der Waals surface area contributed by atoms with Crippen LogP contribution in [0.3, 0.4) is 0 Å². The topological polar surface area (TPSA) is 43.6 Å². The summed E-state index contributed by atoms with van der Waals surface area (Å²) in [4.78, 5) is 15.4. The molecule has 0 saturated heterocycles. The van der Waals surface area contributed by atoms with E-state index in [4.69, 9.17) is 15.0 Å². The largest absolute Gasteiger partial charge is 0.309 e. The van der Waals surface area contributed by atoms with Gasteiger partial charge in [-0.1, -0.05) is 133 Å². The zero-order valence-corrected chi connectivity index (χ0v) is 28.5. The lowest BCUT2D eigenvalue weighted by Gasteiger charge is -2.18. The molecular formula is C47H34N4. The Bertz CT molecular complexity index is 2640. The van der Waals surface area contributed by atoms with Crippen molar-refractivity contribution >= 4 is 21.8 Å². The fraction of sp³-hybridized carbons (Fsp3) is 0.0426. The van der Waals surface area contributed by atoms with Gasteiger partial charge in [0.2, 0.25) is 0 Å². The molecule has 0 saturated carbocycles. The molecule has 9 rings (SSSR count). The van der Waals surface area contributed by atoms with E-state index >= 15 is 0 Å². The molecule has 0 spiro atoms. The van der Waals surface area contributed by atoms with Crippen LogP contribution in [0.25, 0.3) is 83.9 Å². The summed E-state index contributed by atoms with van der Waals surface area (Å²) in [6, 6.07) is 59.6. The van der Waals surface area contributed by atoms with E-state index in [9.17, 15) is 0 Å². The molecule has 4 nitrogen and oxygen atoms in total. The predicted octanol–water partition coefficient (Wildman–Crippen LogP) is 11.9. The minimum atomic E-state index is 0.646. The monoisotopic (exact) mass is 654 g/mol. The van der Waals surface area contributed by atoms with Gasteiger partial charge in [0.05, 0.1) is 11.0 Å². The van der Waals surface area contributed by atoms with Crippen molar-refractivity contribution in [3.8, 4) is 62.1 Å². The van der Waals surface area contributed by atoms with Crippen molar-refractivity contribution in [2.24, 2.45) is 0 Å². The molecule has 0 aliphatic carbocycles. The van der Waals surface area contributed by atoms with Crippen LogP contribution in [0.1, 0.15) is 11.1 Å². The first kappa shape index (κ1) is 30.4. The van der Waals surface area contributed by atoms with Gasteiger partial charge in [-0.25, -0.2) is 15.0 Å². The van der Waals surface area contributed by atoms with Crippen molar-refractivity contribution in [2.75, 3.05) is 0 Å². The third-order valence-corrected chi connectivity index (χ3v) is 9.71. The average molecular weight is 655 g/mol. The minimum Gasteiger partial charge on any atom is -0.309 e. The molecule has 0 atom stereocenters. The molecule has 4 heteroatoms. The predicted molar refractivity (Wildman–Crippen MR) is 211 cm³/mol. The van der Waals surface area contributed by atoms with Crippen LogP contribution in [0.15, 0.2) is 170 Å². The lowest BCUT2D eigenvalue weighted by atomic mass is 9.88. The molecule has 0 bridgehead atoms. The van der Waals surface area contributed by atoms with Gasteiger partial charge >= 0.3 is 0 Å². The first-order valence-electron chi connectivity index (χ1n) is 17.3. The molecule has 2 aromatic heterocycles. The molecule has 0 aliphatic heterocycles. The third kappa shape index (κ3) is 5.48. The number of aromatic nitrogens is 4. The van der Waals surface area contributed by atoms with Gasteiger partial charge in [0.25, 0.3) is 0 Å². The summed E-state index contributed by atoms with van der Waals surface area (Å²) in [5, 5.41) is 2.44. The van der Waals surface area contributed by atoms with Crippen LogP contribution in [0.4, 0.5) is 0 Å². The molecular weight excluding hydrogens is 621 g/mol. The van der Waals surface area contributed by atoms with Gasteiger partial charge in [-0.15, -0.1) is 0 Å². The highest BCUT2D eigenvalue weighted by Gasteiger charge is 2.20. The summed E-state index contributed by atoms with van der Waals surface area (Å²) < 4.78 is 2.35. The second kappa shape index (κ2) is 12.7. The molecule has 0 aliphatic rings. The highest BCUT2D eigenvalue weighted by atomic mass is 15.0. The molecule has 0 amide bonds. The van der Waals surface area contributed by atoms with E-state index in [0.29, 0.717) is 17.5 Å². The van der Waals surface area contributed by atoms with Crippen molar-refractivity contribution in [2.45, 2.75) is 13.8 Å². The van der Waals surface area contributed by atoms with E-state index in [1.54, 1.807) is 0 Å². The third-order valence-electron chi connectivity index (χ3n) is 9.71. The Balaban J connectivity index is 1.30. The van der Waals surface area contributed by atoms with Gasteiger partial charge < -0.3 is 4.57 Å². The number of benzene rings is 7. The summed E-state index contributed by atoms with van der Waals surface area (Å²) in [6.45, 7) is 4.37. The SMILES string of the molecule is Cc1ccccc1-c1c(C)cc(-c2ccc3c(c2)c2ccccc2n3-c2ccccc2)cc1-c1nc(-c2ccccc2)nc(-c2ccccc2)n1. The molecule has 0 N–H and O–H groups in total. The Hall–Kier alpha value is -6.65. The van der Waals surface area contributed by atoms with Gasteiger partial charge in [0.1, 0.15) is 0 Å². The van der Waals surface area contributed by atoms with Gasteiger partial charge in [0, 0.05) is 33.2 Å². The Morgan fingerprint density at radius 2 is 0.941 bits per heavy atom. The first-order chi connectivity index (χ1) is 25.1. The molecule has 51 heavy (non-hydrogen) atoms. The van der Waals surface area contributed by atoms with Crippen LogP contribution in [0.2, 0.25) is 0 Å². The van der Waals surface area contributed by atoms with Crippen LogP contribution in [0.5, 0.6) is 0 Å². The first-order valence-corrected chi connectivity index (χ1v) is 17.3. The second-order valence-corrected chi connectivity index (χ2v) is 13.0. The highest BCUT2D eigenvalue weighted by Crippen LogP contribution is 2.41. The maximum Gasteiger partial charge on any atom is 0.164 e. The molecule has 0 unspecified atom stereocenters. The number of para-hydroxylation sites is 2. The van der Waals surface area contributed by atoms with Crippen LogP contribution >= 0.6 is 0 Å². The quantitative estimate of drug-likeness (QED) is 0.179. The molecule has 242 valence electrons. The summed E-state index contributed by atoms with van der Waals surface area (Å²) in [7, 11) is 0. The Morgan fingerprint density at radius 3 is 1.63 bits per heavy atom.